The van der Waals surface area contributed by atoms with Crippen LogP contribution < -0.4 is 10.9 Å². The normalized spacial score (nSPS) is 21.6. The van der Waals surface area contributed by atoms with Gasteiger partial charge in [-0.1, -0.05) is 13.8 Å². The van der Waals surface area contributed by atoms with Gasteiger partial charge in [0.1, 0.15) is 17.4 Å². The lowest BCUT2D eigenvalue weighted by molar-refractivity contribution is -0.125. The molecule has 0 saturated heterocycles. The Morgan fingerprint density at radius 2 is 2.07 bits per heavy atom. The zero-order valence-electron chi connectivity index (χ0n) is 16.1. The van der Waals surface area contributed by atoms with Crippen molar-refractivity contribution >= 4 is 33.0 Å². The maximum atomic E-state index is 13.1. The predicted molar refractivity (Wildman–Crippen MR) is 108 cm³/mol. The van der Waals surface area contributed by atoms with Crippen LogP contribution in [0.1, 0.15) is 57.8 Å². The summed E-state index contributed by atoms with van der Waals surface area (Å²) >= 11 is 1.60. The number of aryl methyl sites for hydroxylation is 1. The molecule has 6 nitrogen and oxygen atoms in total. The molecule has 7 heteroatoms. The van der Waals surface area contributed by atoms with E-state index in [0.717, 1.165) is 47.6 Å². The molecule has 3 aromatic heterocycles. The molecule has 1 N–H and O–H groups in total. The minimum absolute atomic E-state index is 0.0937. The fourth-order valence-electron chi connectivity index (χ4n) is 4.18. The SMILES string of the molecule is CC[C@@H](C(=O)NC1CCC(C)CC1)n1nc(C)n2c(cc3sccc32)c1=O. The molecule has 27 heavy (non-hydrogen) atoms. The monoisotopic (exact) mass is 386 g/mol. The topological polar surface area (TPSA) is 68.4 Å². The maximum absolute atomic E-state index is 13.1. The first-order valence-electron chi connectivity index (χ1n) is 9.78. The van der Waals surface area contributed by atoms with Gasteiger partial charge in [-0.3, -0.25) is 14.0 Å². The van der Waals surface area contributed by atoms with E-state index in [0.29, 0.717) is 11.9 Å². The summed E-state index contributed by atoms with van der Waals surface area (Å²) in [6, 6.07) is 3.54. The van der Waals surface area contributed by atoms with Crippen molar-refractivity contribution in [1.29, 1.82) is 0 Å². The molecule has 0 aromatic carbocycles. The number of thiophene rings is 1. The van der Waals surface area contributed by atoms with E-state index in [1.165, 1.54) is 4.68 Å². The van der Waals surface area contributed by atoms with Crippen LogP contribution in [0.5, 0.6) is 0 Å². The minimum Gasteiger partial charge on any atom is -0.352 e. The van der Waals surface area contributed by atoms with Crippen LogP contribution in [-0.2, 0) is 4.79 Å². The molecule has 4 rings (SSSR count). The van der Waals surface area contributed by atoms with Gasteiger partial charge < -0.3 is 5.32 Å². The zero-order chi connectivity index (χ0) is 19.1. The molecule has 1 amide bonds. The van der Waals surface area contributed by atoms with Crippen LogP contribution in [0.2, 0.25) is 0 Å². The Bertz CT molecular complexity index is 1040. The number of hydrogen-bond donors (Lipinski definition) is 1. The molecule has 1 atom stereocenters. The Labute approximate surface area is 162 Å². The van der Waals surface area contributed by atoms with Crippen LogP contribution >= 0.6 is 11.3 Å². The van der Waals surface area contributed by atoms with Crippen molar-refractivity contribution < 1.29 is 4.79 Å². The van der Waals surface area contributed by atoms with Crippen molar-refractivity contribution in [3.8, 4) is 0 Å². The summed E-state index contributed by atoms with van der Waals surface area (Å²) in [5, 5.41) is 9.68. The second-order valence-electron chi connectivity index (χ2n) is 7.72. The molecule has 0 bridgehead atoms. The standard InChI is InChI=1S/C20H26N4O2S/c1-4-15(19(25)21-14-7-5-12(2)6-8-14)24-20(26)17-11-18-16(9-10-27-18)23(17)13(3)22-24/h9-12,14-15H,4-8H2,1-3H3,(H,21,25)/t12?,14?,15-/m0/s1. The maximum Gasteiger partial charge on any atom is 0.291 e. The fraction of sp³-hybridized carbons (Fsp3) is 0.550. The van der Waals surface area contributed by atoms with E-state index in [2.05, 4.69) is 17.3 Å². The van der Waals surface area contributed by atoms with Gasteiger partial charge in [0, 0.05) is 6.04 Å². The van der Waals surface area contributed by atoms with Crippen LogP contribution in [0.25, 0.3) is 15.7 Å². The average Bonchev–Trinajstić information content (AvgIpc) is 3.23. The first-order valence-corrected chi connectivity index (χ1v) is 10.7. The van der Waals surface area contributed by atoms with Crippen molar-refractivity contribution in [2.24, 2.45) is 5.92 Å². The summed E-state index contributed by atoms with van der Waals surface area (Å²) in [7, 11) is 0. The first kappa shape index (κ1) is 18.2. The first-order chi connectivity index (χ1) is 13.0. The van der Waals surface area contributed by atoms with Crippen molar-refractivity contribution in [3.63, 3.8) is 0 Å². The van der Waals surface area contributed by atoms with Crippen LogP contribution in [-0.4, -0.2) is 26.1 Å². The highest BCUT2D eigenvalue weighted by Gasteiger charge is 2.27. The van der Waals surface area contributed by atoms with E-state index in [1.54, 1.807) is 11.3 Å². The van der Waals surface area contributed by atoms with E-state index < -0.39 is 6.04 Å². The Morgan fingerprint density at radius 3 is 2.78 bits per heavy atom. The molecule has 1 aliphatic carbocycles. The van der Waals surface area contributed by atoms with Crippen molar-refractivity contribution in [2.45, 2.75) is 65.0 Å². The Morgan fingerprint density at radius 1 is 1.33 bits per heavy atom. The van der Waals surface area contributed by atoms with Gasteiger partial charge in [-0.2, -0.15) is 5.10 Å². The highest BCUT2D eigenvalue weighted by atomic mass is 32.1. The molecule has 0 unspecified atom stereocenters. The second kappa shape index (κ2) is 7.11. The molecule has 1 saturated carbocycles. The van der Waals surface area contributed by atoms with Crippen molar-refractivity contribution in [2.75, 3.05) is 0 Å². The summed E-state index contributed by atoms with van der Waals surface area (Å²) in [6.07, 6.45) is 4.85. The van der Waals surface area contributed by atoms with Gasteiger partial charge in [0.2, 0.25) is 5.91 Å². The molecule has 144 valence electrons. The predicted octanol–water partition coefficient (Wildman–Crippen LogP) is 3.67. The number of nitrogens with one attached hydrogen (secondary N) is 1. The summed E-state index contributed by atoms with van der Waals surface area (Å²) in [5.41, 5.74) is 1.38. The van der Waals surface area contributed by atoms with E-state index in [-0.39, 0.29) is 17.5 Å². The third-order valence-corrected chi connectivity index (χ3v) is 6.63. The van der Waals surface area contributed by atoms with Gasteiger partial charge in [-0.05, 0) is 62.5 Å². The Kier molecular flexibility index (Phi) is 4.80. The molecule has 0 radical (unpaired) electrons. The summed E-state index contributed by atoms with van der Waals surface area (Å²) < 4.78 is 4.33. The molecular weight excluding hydrogens is 360 g/mol. The van der Waals surface area contributed by atoms with Gasteiger partial charge >= 0.3 is 0 Å². The van der Waals surface area contributed by atoms with Gasteiger partial charge in [-0.15, -0.1) is 11.3 Å². The lowest BCUT2D eigenvalue weighted by atomic mass is 9.87. The Hall–Kier alpha value is -2.15. The number of rotatable bonds is 4. The van der Waals surface area contributed by atoms with Crippen molar-refractivity contribution in [1.82, 2.24) is 19.5 Å². The second-order valence-corrected chi connectivity index (χ2v) is 8.67. The van der Waals surface area contributed by atoms with Gasteiger partial charge in [0.25, 0.3) is 5.56 Å². The number of hydrogen-bond acceptors (Lipinski definition) is 4. The molecule has 3 aromatic rings. The largest absolute Gasteiger partial charge is 0.352 e. The highest BCUT2D eigenvalue weighted by molar-refractivity contribution is 7.17. The fourth-order valence-corrected chi connectivity index (χ4v) is 4.98. The number of carbonyl (C=O) groups is 1. The lowest BCUT2D eigenvalue weighted by Crippen LogP contribution is -2.44. The number of carbonyl (C=O) groups excluding carboxylic acids is 1. The smallest absolute Gasteiger partial charge is 0.291 e. The lowest BCUT2D eigenvalue weighted by Gasteiger charge is -2.28. The molecule has 1 aliphatic rings. The van der Waals surface area contributed by atoms with Crippen LogP contribution in [0.3, 0.4) is 0 Å². The van der Waals surface area contributed by atoms with Gasteiger partial charge in [0.05, 0.1) is 10.2 Å². The summed E-state index contributed by atoms with van der Waals surface area (Å²) in [4.78, 5) is 26.0. The third kappa shape index (κ3) is 3.18. The van der Waals surface area contributed by atoms with Crippen molar-refractivity contribution in [3.05, 3.63) is 33.7 Å². The summed E-state index contributed by atoms with van der Waals surface area (Å²) in [5.74, 6) is 1.36. The number of nitrogens with zero attached hydrogens (tertiary/aromatic N) is 3. The van der Waals surface area contributed by atoms with E-state index in [1.807, 2.05) is 35.8 Å². The number of fused-ring (bicyclic) bond motifs is 3. The number of aromatic nitrogens is 3. The Balaban J connectivity index is 1.67. The molecule has 0 aliphatic heterocycles. The molecule has 3 heterocycles. The third-order valence-electron chi connectivity index (χ3n) is 5.77. The van der Waals surface area contributed by atoms with Gasteiger partial charge in [0.15, 0.2) is 0 Å². The van der Waals surface area contributed by atoms with E-state index >= 15 is 0 Å². The minimum atomic E-state index is -0.575. The highest BCUT2D eigenvalue weighted by Crippen LogP contribution is 2.26. The van der Waals surface area contributed by atoms with Crippen LogP contribution in [0.4, 0.5) is 0 Å². The van der Waals surface area contributed by atoms with Crippen LogP contribution in [0.15, 0.2) is 22.3 Å². The van der Waals surface area contributed by atoms with Crippen LogP contribution in [0, 0.1) is 12.8 Å². The molecule has 0 spiro atoms. The van der Waals surface area contributed by atoms with Gasteiger partial charge in [-0.25, -0.2) is 4.68 Å². The quantitative estimate of drug-likeness (QED) is 0.744. The summed E-state index contributed by atoms with van der Waals surface area (Å²) in [6.45, 7) is 6.07. The van der Waals surface area contributed by atoms with E-state index in [9.17, 15) is 9.59 Å². The number of amides is 1. The molecule has 1 fully saturated rings. The zero-order valence-corrected chi connectivity index (χ0v) is 16.9. The van der Waals surface area contributed by atoms with E-state index in [4.69, 9.17) is 0 Å². The molecular formula is C20H26N4O2S. The average molecular weight is 387 g/mol.